The number of hydrogen-bond donors (Lipinski definition) is 3. The lowest BCUT2D eigenvalue weighted by molar-refractivity contribution is 0.217. The summed E-state index contributed by atoms with van der Waals surface area (Å²) in [5.74, 6) is 0. The Balaban J connectivity index is 2.60. The first-order valence-corrected chi connectivity index (χ1v) is 7.60. The summed E-state index contributed by atoms with van der Waals surface area (Å²) in [6.07, 6.45) is 0. The fraction of sp³-hybridized carbons (Fsp3) is 0.364. The molecule has 0 aliphatic carbocycles. The van der Waals surface area contributed by atoms with Gasteiger partial charge in [0.2, 0.25) is 10.0 Å². The molecule has 0 spiro atoms. The average Bonchev–Trinajstić information content (AvgIpc) is 2.33. The number of nitrogens with zero attached hydrogens (tertiary/aromatic N) is 1. The van der Waals surface area contributed by atoms with E-state index >= 15 is 0 Å². The number of halogens is 1. The lowest BCUT2D eigenvalue weighted by Gasteiger charge is -2.13. The van der Waals surface area contributed by atoms with Gasteiger partial charge in [-0.2, -0.15) is 0 Å². The van der Waals surface area contributed by atoms with E-state index in [4.69, 9.17) is 17.3 Å². The summed E-state index contributed by atoms with van der Waals surface area (Å²) < 4.78 is 26.3. The monoisotopic (exact) mass is 320 g/mol. The van der Waals surface area contributed by atoms with Gasteiger partial charge in [-0.1, -0.05) is 11.6 Å². The van der Waals surface area contributed by atoms with E-state index in [1.54, 1.807) is 14.1 Å². The predicted octanol–water partition coefficient (Wildman–Crippen LogP) is 0.472. The largest absolute Gasteiger partial charge is 0.398 e. The van der Waals surface area contributed by atoms with Crippen LogP contribution in [0.2, 0.25) is 5.02 Å². The summed E-state index contributed by atoms with van der Waals surface area (Å²) >= 11 is 5.71. The molecule has 112 valence electrons. The molecular formula is C11H17ClN4O3S. The number of amides is 2. The van der Waals surface area contributed by atoms with Crippen LogP contribution in [0.25, 0.3) is 0 Å². The van der Waals surface area contributed by atoms with Gasteiger partial charge in [0.15, 0.2) is 0 Å². The van der Waals surface area contributed by atoms with Crippen molar-refractivity contribution in [2.24, 2.45) is 0 Å². The highest BCUT2D eigenvalue weighted by molar-refractivity contribution is 7.89. The first-order valence-electron chi connectivity index (χ1n) is 5.74. The third-order valence-corrected chi connectivity index (χ3v) is 4.13. The number of benzene rings is 1. The van der Waals surface area contributed by atoms with Crippen molar-refractivity contribution in [2.45, 2.75) is 4.90 Å². The van der Waals surface area contributed by atoms with Crippen LogP contribution < -0.4 is 15.8 Å². The topological polar surface area (TPSA) is 105 Å². The molecule has 0 aliphatic heterocycles. The Hall–Kier alpha value is -1.51. The molecule has 2 amide bonds. The predicted molar refractivity (Wildman–Crippen MR) is 78.1 cm³/mol. The molecule has 0 aliphatic rings. The number of sulfonamides is 1. The van der Waals surface area contributed by atoms with Crippen LogP contribution in [-0.2, 0) is 10.0 Å². The smallest absolute Gasteiger partial charge is 0.316 e. The minimum absolute atomic E-state index is 0.0409. The number of hydrogen-bond acceptors (Lipinski definition) is 4. The van der Waals surface area contributed by atoms with Crippen LogP contribution in [0, 0.1) is 0 Å². The van der Waals surface area contributed by atoms with Crippen molar-refractivity contribution in [3.8, 4) is 0 Å². The second-order valence-electron chi connectivity index (χ2n) is 4.21. The molecule has 0 radical (unpaired) electrons. The Morgan fingerprint density at radius 3 is 2.55 bits per heavy atom. The lowest BCUT2D eigenvalue weighted by atomic mass is 10.3. The fourth-order valence-electron chi connectivity index (χ4n) is 1.35. The summed E-state index contributed by atoms with van der Waals surface area (Å²) in [6.45, 7) is 0.230. The van der Waals surface area contributed by atoms with Crippen molar-refractivity contribution in [1.29, 1.82) is 0 Å². The Kier molecular flexibility index (Phi) is 5.61. The summed E-state index contributed by atoms with van der Waals surface area (Å²) in [6, 6.07) is 3.85. The molecule has 0 saturated heterocycles. The molecule has 7 nitrogen and oxygen atoms in total. The van der Waals surface area contributed by atoms with Gasteiger partial charge in [-0.3, -0.25) is 0 Å². The van der Waals surface area contributed by atoms with Crippen LogP contribution in [0.3, 0.4) is 0 Å². The van der Waals surface area contributed by atoms with Crippen molar-refractivity contribution in [3.05, 3.63) is 23.2 Å². The van der Waals surface area contributed by atoms with Crippen LogP contribution >= 0.6 is 11.6 Å². The van der Waals surface area contributed by atoms with E-state index in [0.717, 1.165) is 0 Å². The average molecular weight is 321 g/mol. The van der Waals surface area contributed by atoms with Crippen molar-refractivity contribution in [2.75, 3.05) is 32.9 Å². The highest BCUT2D eigenvalue weighted by Gasteiger charge is 2.17. The molecule has 0 aromatic heterocycles. The third-order valence-electron chi connectivity index (χ3n) is 2.36. The second-order valence-corrected chi connectivity index (χ2v) is 6.38. The van der Waals surface area contributed by atoms with Crippen LogP contribution in [0.1, 0.15) is 0 Å². The normalized spacial score (nSPS) is 11.2. The van der Waals surface area contributed by atoms with E-state index in [1.807, 2.05) is 0 Å². The van der Waals surface area contributed by atoms with Gasteiger partial charge in [-0.05, 0) is 18.2 Å². The van der Waals surface area contributed by atoms with Crippen molar-refractivity contribution in [3.63, 3.8) is 0 Å². The van der Waals surface area contributed by atoms with Crippen molar-refractivity contribution in [1.82, 2.24) is 14.9 Å². The zero-order valence-corrected chi connectivity index (χ0v) is 12.8. The molecule has 9 heteroatoms. The molecule has 1 aromatic rings. The van der Waals surface area contributed by atoms with E-state index in [0.29, 0.717) is 5.02 Å². The molecule has 1 aromatic carbocycles. The number of carbonyl (C=O) groups is 1. The Morgan fingerprint density at radius 1 is 1.35 bits per heavy atom. The van der Waals surface area contributed by atoms with E-state index in [9.17, 15) is 13.2 Å². The molecule has 20 heavy (non-hydrogen) atoms. The molecule has 1 rings (SSSR count). The molecule has 0 bridgehead atoms. The van der Waals surface area contributed by atoms with Gasteiger partial charge in [0.1, 0.15) is 4.90 Å². The number of carbonyl (C=O) groups excluding carboxylic acids is 1. The van der Waals surface area contributed by atoms with Gasteiger partial charge in [0.25, 0.3) is 0 Å². The van der Waals surface area contributed by atoms with Crippen LogP contribution in [-0.4, -0.2) is 46.5 Å². The Morgan fingerprint density at radius 2 is 2.00 bits per heavy atom. The quantitative estimate of drug-likeness (QED) is 0.542. The summed E-state index contributed by atoms with van der Waals surface area (Å²) in [4.78, 5) is 12.5. The number of rotatable bonds is 5. The standard InChI is InChI=1S/C11H17ClN4O3S/c1-16(2)11(17)14-5-6-15-20(18,19)10-4-3-8(12)7-9(10)13/h3-4,7,15H,5-6,13H2,1-2H3,(H,14,17). The molecular weight excluding hydrogens is 304 g/mol. The number of anilines is 1. The molecule has 4 N–H and O–H groups in total. The van der Waals surface area contributed by atoms with Gasteiger partial charge >= 0.3 is 6.03 Å². The number of nitrogen functional groups attached to an aromatic ring is 1. The van der Waals surface area contributed by atoms with Crippen LogP contribution in [0.5, 0.6) is 0 Å². The lowest BCUT2D eigenvalue weighted by Crippen LogP contribution is -2.39. The van der Waals surface area contributed by atoms with Gasteiger partial charge in [0.05, 0.1) is 5.69 Å². The molecule has 0 atom stereocenters. The third kappa shape index (κ3) is 4.55. The van der Waals surface area contributed by atoms with Gasteiger partial charge < -0.3 is 16.0 Å². The maximum absolute atomic E-state index is 12.0. The highest BCUT2D eigenvalue weighted by atomic mass is 35.5. The fourth-order valence-corrected chi connectivity index (χ4v) is 2.68. The SMILES string of the molecule is CN(C)C(=O)NCCNS(=O)(=O)c1ccc(Cl)cc1N. The van der Waals surface area contributed by atoms with Gasteiger partial charge in [-0.25, -0.2) is 17.9 Å². The van der Waals surface area contributed by atoms with E-state index in [1.165, 1.54) is 23.1 Å². The van der Waals surface area contributed by atoms with E-state index in [-0.39, 0.29) is 29.7 Å². The van der Waals surface area contributed by atoms with Crippen LogP contribution in [0.15, 0.2) is 23.1 Å². The van der Waals surface area contributed by atoms with Gasteiger partial charge in [0, 0.05) is 32.2 Å². The summed E-state index contributed by atoms with van der Waals surface area (Å²) in [5.41, 5.74) is 5.69. The maximum atomic E-state index is 12.0. The molecule has 0 fully saturated rings. The zero-order valence-electron chi connectivity index (χ0n) is 11.2. The van der Waals surface area contributed by atoms with Gasteiger partial charge in [-0.15, -0.1) is 0 Å². The summed E-state index contributed by atoms with van der Waals surface area (Å²) in [7, 11) is -0.542. The number of urea groups is 1. The minimum Gasteiger partial charge on any atom is -0.398 e. The highest BCUT2D eigenvalue weighted by Crippen LogP contribution is 2.21. The Bertz CT molecular complexity index is 589. The molecule has 0 heterocycles. The Labute approximate surface area is 123 Å². The molecule has 0 saturated carbocycles. The first kappa shape index (κ1) is 16.5. The molecule has 0 unspecified atom stereocenters. The second kappa shape index (κ2) is 6.78. The van der Waals surface area contributed by atoms with Crippen molar-refractivity contribution >= 4 is 33.3 Å². The summed E-state index contributed by atoms with van der Waals surface area (Å²) in [5, 5.41) is 2.90. The van der Waals surface area contributed by atoms with E-state index < -0.39 is 10.0 Å². The van der Waals surface area contributed by atoms with Crippen molar-refractivity contribution < 1.29 is 13.2 Å². The van der Waals surface area contributed by atoms with Crippen LogP contribution in [0.4, 0.5) is 10.5 Å². The first-order chi connectivity index (χ1) is 9.24. The van der Waals surface area contributed by atoms with E-state index in [2.05, 4.69) is 10.0 Å². The maximum Gasteiger partial charge on any atom is 0.316 e. The minimum atomic E-state index is -3.72. The zero-order chi connectivity index (χ0) is 15.3. The number of nitrogens with one attached hydrogen (secondary N) is 2. The number of nitrogens with two attached hydrogens (primary N) is 1.